The maximum atomic E-state index is 13.3. The summed E-state index contributed by atoms with van der Waals surface area (Å²) in [5.74, 6) is 0.577. The summed E-state index contributed by atoms with van der Waals surface area (Å²) in [5.41, 5.74) is 1.09. The number of nitrogens with zero attached hydrogens (tertiary/aromatic N) is 2. The first-order valence-corrected chi connectivity index (χ1v) is 9.72. The molecule has 0 aliphatic carbocycles. The average Bonchev–Trinajstić information content (AvgIpc) is 2.68. The summed E-state index contributed by atoms with van der Waals surface area (Å²) in [6.07, 6.45) is -2.66. The van der Waals surface area contributed by atoms with E-state index < -0.39 is 11.7 Å². The van der Waals surface area contributed by atoms with Gasteiger partial charge in [-0.1, -0.05) is 55.9 Å². The lowest BCUT2D eigenvalue weighted by molar-refractivity contribution is -0.140. The first kappa shape index (κ1) is 20.2. The highest BCUT2D eigenvalue weighted by atomic mass is 32.2. The Bertz CT molecular complexity index is 912. The highest BCUT2D eigenvalue weighted by Crippen LogP contribution is 2.38. The van der Waals surface area contributed by atoms with Crippen LogP contribution < -0.4 is 5.32 Å². The van der Waals surface area contributed by atoms with E-state index in [2.05, 4.69) is 29.1 Å². The third kappa shape index (κ3) is 5.04. The van der Waals surface area contributed by atoms with Crippen LogP contribution in [0.3, 0.4) is 0 Å². The van der Waals surface area contributed by atoms with E-state index in [0.29, 0.717) is 10.8 Å². The highest BCUT2D eigenvalue weighted by Gasteiger charge is 2.35. The standard InChI is InChI=1S/C21H20F3N3S/c1-3-14(2)15-9-11-16(12-10-15)26-20-25-13-18(21(22,23)24)19(27-20)28-17-7-5-4-6-8-17/h4-14H,3H2,1-2H3,(H,25,26,27). The van der Waals surface area contributed by atoms with Gasteiger partial charge in [-0.05, 0) is 42.2 Å². The number of halogens is 3. The normalized spacial score (nSPS) is 12.6. The molecule has 0 saturated carbocycles. The van der Waals surface area contributed by atoms with E-state index in [0.717, 1.165) is 30.1 Å². The van der Waals surface area contributed by atoms with E-state index >= 15 is 0 Å². The minimum atomic E-state index is -4.52. The molecule has 7 heteroatoms. The Hall–Kier alpha value is -2.54. The van der Waals surface area contributed by atoms with Crippen LogP contribution in [0, 0.1) is 0 Å². The summed E-state index contributed by atoms with van der Waals surface area (Å²) in [5, 5.41) is 2.86. The van der Waals surface area contributed by atoms with Crippen LogP contribution in [0.2, 0.25) is 0 Å². The van der Waals surface area contributed by atoms with Crippen LogP contribution in [0.15, 0.2) is 70.7 Å². The Balaban J connectivity index is 1.87. The predicted octanol–water partition coefficient (Wildman–Crippen LogP) is 6.90. The first-order chi connectivity index (χ1) is 13.4. The molecule has 146 valence electrons. The van der Waals surface area contributed by atoms with Crippen molar-refractivity contribution < 1.29 is 13.2 Å². The van der Waals surface area contributed by atoms with Crippen molar-refractivity contribution in [2.45, 2.75) is 42.3 Å². The summed E-state index contributed by atoms with van der Waals surface area (Å²) < 4.78 is 40.0. The zero-order chi connectivity index (χ0) is 20.1. The quantitative estimate of drug-likeness (QED) is 0.454. The van der Waals surface area contributed by atoms with Crippen LogP contribution in [-0.4, -0.2) is 9.97 Å². The number of alkyl halides is 3. The predicted molar refractivity (Wildman–Crippen MR) is 106 cm³/mol. The van der Waals surface area contributed by atoms with Gasteiger partial charge in [0.1, 0.15) is 10.6 Å². The van der Waals surface area contributed by atoms with Gasteiger partial charge in [0.2, 0.25) is 5.95 Å². The smallest absolute Gasteiger partial charge is 0.324 e. The molecule has 1 aromatic heterocycles. The van der Waals surface area contributed by atoms with Crippen molar-refractivity contribution in [3.8, 4) is 0 Å². The van der Waals surface area contributed by atoms with Crippen LogP contribution in [-0.2, 0) is 6.18 Å². The molecular weight excluding hydrogens is 383 g/mol. The molecule has 0 aliphatic rings. The minimum absolute atomic E-state index is 0.128. The Morgan fingerprint density at radius 1 is 1.04 bits per heavy atom. The van der Waals surface area contributed by atoms with Crippen LogP contribution in [0.1, 0.15) is 37.3 Å². The molecule has 1 heterocycles. The summed E-state index contributed by atoms with van der Waals surface area (Å²) in [6, 6.07) is 16.6. The van der Waals surface area contributed by atoms with Gasteiger partial charge in [0, 0.05) is 16.8 Å². The average molecular weight is 403 g/mol. The van der Waals surface area contributed by atoms with Crippen LogP contribution in [0.4, 0.5) is 24.8 Å². The topological polar surface area (TPSA) is 37.8 Å². The number of anilines is 2. The molecule has 0 radical (unpaired) electrons. The second-order valence-electron chi connectivity index (χ2n) is 6.38. The monoisotopic (exact) mass is 403 g/mol. The van der Waals surface area contributed by atoms with Gasteiger partial charge in [0.15, 0.2) is 0 Å². The number of benzene rings is 2. The summed E-state index contributed by atoms with van der Waals surface area (Å²) >= 11 is 0.964. The molecule has 0 saturated heterocycles. The fourth-order valence-electron chi connectivity index (χ4n) is 2.56. The van der Waals surface area contributed by atoms with E-state index in [1.54, 1.807) is 24.3 Å². The third-order valence-electron chi connectivity index (χ3n) is 4.37. The van der Waals surface area contributed by atoms with Gasteiger partial charge in [-0.3, -0.25) is 0 Å². The van der Waals surface area contributed by atoms with Gasteiger partial charge < -0.3 is 5.32 Å². The molecule has 1 atom stereocenters. The summed E-state index contributed by atoms with van der Waals surface area (Å²) in [4.78, 5) is 8.66. The number of hydrogen-bond acceptors (Lipinski definition) is 4. The van der Waals surface area contributed by atoms with Crippen molar-refractivity contribution in [3.05, 3.63) is 71.9 Å². The maximum absolute atomic E-state index is 13.3. The Morgan fingerprint density at radius 2 is 1.71 bits per heavy atom. The summed E-state index contributed by atoms with van der Waals surface area (Å²) in [6.45, 7) is 4.27. The lowest BCUT2D eigenvalue weighted by Gasteiger charge is -2.14. The molecule has 3 rings (SSSR count). The van der Waals surface area contributed by atoms with E-state index in [-0.39, 0.29) is 11.0 Å². The van der Waals surface area contributed by atoms with Crippen LogP contribution in [0.25, 0.3) is 0 Å². The maximum Gasteiger partial charge on any atom is 0.420 e. The Labute approximate surface area is 166 Å². The van der Waals surface area contributed by atoms with Crippen LogP contribution >= 0.6 is 11.8 Å². The number of rotatable bonds is 6. The van der Waals surface area contributed by atoms with Crippen molar-refractivity contribution in [3.63, 3.8) is 0 Å². The second-order valence-corrected chi connectivity index (χ2v) is 7.44. The van der Waals surface area contributed by atoms with Gasteiger partial charge in [-0.25, -0.2) is 9.97 Å². The number of hydrogen-bond donors (Lipinski definition) is 1. The molecule has 0 bridgehead atoms. The molecular formula is C21H20F3N3S. The number of nitrogens with one attached hydrogen (secondary N) is 1. The van der Waals surface area contributed by atoms with Crippen molar-refractivity contribution in [2.24, 2.45) is 0 Å². The van der Waals surface area contributed by atoms with E-state index in [9.17, 15) is 13.2 Å². The van der Waals surface area contributed by atoms with Gasteiger partial charge in [0.05, 0.1) is 0 Å². The van der Waals surface area contributed by atoms with Crippen LogP contribution in [0.5, 0.6) is 0 Å². The highest BCUT2D eigenvalue weighted by molar-refractivity contribution is 7.99. The van der Waals surface area contributed by atoms with Crippen molar-refractivity contribution >= 4 is 23.4 Å². The molecule has 0 spiro atoms. The van der Waals surface area contributed by atoms with Gasteiger partial charge in [0.25, 0.3) is 0 Å². The fourth-order valence-corrected chi connectivity index (χ4v) is 3.49. The van der Waals surface area contributed by atoms with E-state index in [4.69, 9.17) is 0 Å². The van der Waals surface area contributed by atoms with Gasteiger partial charge in [-0.2, -0.15) is 13.2 Å². The Morgan fingerprint density at radius 3 is 2.32 bits per heavy atom. The lowest BCUT2D eigenvalue weighted by Crippen LogP contribution is -2.10. The SMILES string of the molecule is CCC(C)c1ccc(Nc2ncc(C(F)(F)F)c(Sc3ccccc3)n2)cc1. The molecule has 3 nitrogen and oxygen atoms in total. The molecule has 0 aliphatic heterocycles. The van der Waals surface area contributed by atoms with Crippen molar-refractivity contribution in [1.82, 2.24) is 9.97 Å². The molecule has 0 amide bonds. The largest absolute Gasteiger partial charge is 0.420 e. The van der Waals surface area contributed by atoms with Crippen molar-refractivity contribution in [1.29, 1.82) is 0 Å². The van der Waals surface area contributed by atoms with Gasteiger partial charge in [-0.15, -0.1) is 0 Å². The zero-order valence-electron chi connectivity index (χ0n) is 15.5. The Kier molecular flexibility index (Phi) is 6.24. The van der Waals surface area contributed by atoms with Gasteiger partial charge >= 0.3 is 6.18 Å². The molecule has 0 fully saturated rings. The first-order valence-electron chi connectivity index (χ1n) is 8.91. The third-order valence-corrected chi connectivity index (χ3v) is 5.38. The molecule has 2 aromatic carbocycles. The fraction of sp³-hybridized carbons (Fsp3) is 0.238. The van der Waals surface area contributed by atoms with E-state index in [1.807, 2.05) is 30.3 Å². The molecule has 1 unspecified atom stereocenters. The van der Waals surface area contributed by atoms with E-state index in [1.165, 1.54) is 5.56 Å². The van der Waals surface area contributed by atoms with Crippen molar-refractivity contribution in [2.75, 3.05) is 5.32 Å². The second kappa shape index (κ2) is 8.65. The molecule has 28 heavy (non-hydrogen) atoms. The molecule has 1 N–H and O–H groups in total. The summed E-state index contributed by atoms with van der Waals surface area (Å²) in [7, 11) is 0. The lowest BCUT2D eigenvalue weighted by atomic mass is 9.99. The molecule has 3 aromatic rings. The number of aromatic nitrogens is 2. The zero-order valence-corrected chi connectivity index (χ0v) is 16.3. The minimum Gasteiger partial charge on any atom is -0.324 e.